The van der Waals surface area contributed by atoms with Gasteiger partial charge in [-0.3, -0.25) is 4.90 Å². The van der Waals surface area contributed by atoms with Gasteiger partial charge in [0.2, 0.25) is 0 Å². The number of piperazine rings is 1. The van der Waals surface area contributed by atoms with Crippen LogP contribution in [0.3, 0.4) is 0 Å². The summed E-state index contributed by atoms with van der Waals surface area (Å²) in [4.78, 5) is 9.55. The van der Waals surface area contributed by atoms with Gasteiger partial charge < -0.3 is 15.4 Å². The molecule has 1 aliphatic rings. The van der Waals surface area contributed by atoms with Crippen molar-refractivity contribution in [1.82, 2.24) is 9.88 Å². The van der Waals surface area contributed by atoms with Crippen molar-refractivity contribution in [2.24, 2.45) is 5.73 Å². The Labute approximate surface area is 119 Å². The van der Waals surface area contributed by atoms with Crippen LogP contribution in [0.2, 0.25) is 0 Å². The van der Waals surface area contributed by atoms with Gasteiger partial charge in [0.15, 0.2) is 0 Å². The Bertz CT molecular complexity index is 429. The molecule has 0 aromatic carbocycles. The predicted octanol–water partition coefficient (Wildman–Crippen LogP) is 0.887. The van der Waals surface area contributed by atoms with Gasteiger partial charge in [-0.1, -0.05) is 12.2 Å². The van der Waals surface area contributed by atoms with Gasteiger partial charge in [0.05, 0.1) is 24.3 Å². The van der Waals surface area contributed by atoms with Crippen molar-refractivity contribution in [3.05, 3.63) is 18.3 Å². The molecule has 19 heavy (non-hydrogen) atoms. The molecule has 1 fully saturated rings. The van der Waals surface area contributed by atoms with Crippen LogP contribution in [-0.4, -0.2) is 54.2 Å². The van der Waals surface area contributed by atoms with E-state index in [0.29, 0.717) is 4.99 Å². The van der Waals surface area contributed by atoms with Crippen LogP contribution < -0.4 is 15.4 Å². The molecule has 0 spiro atoms. The monoisotopic (exact) mass is 280 g/mol. The van der Waals surface area contributed by atoms with Crippen LogP contribution in [0, 0.1) is 0 Å². The highest BCUT2D eigenvalue weighted by atomic mass is 32.1. The number of anilines is 1. The standard InChI is InChI=1S/C13H20N4OS/c1-10(13(14)19)16-5-7-17(8-6-16)12-4-3-11(18-2)9-15-12/h3-4,9-10H,5-8H2,1-2H3,(H2,14,19). The van der Waals surface area contributed by atoms with Crippen molar-refractivity contribution in [2.75, 3.05) is 38.2 Å². The van der Waals surface area contributed by atoms with Gasteiger partial charge in [-0.05, 0) is 19.1 Å². The fraction of sp³-hybridized carbons (Fsp3) is 0.538. The number of nitrogens with zero attached hydrogens (tertiary/aromatic N) is 3. The van der Waals surface area contributed by atoms with Crippen molar-refractivity contribution >= 4 is 23.0 Å². The van der Waals surface area contributed by atoms with Crippen LogP contribution in [-0.2, 0) is 0 Å². The van der Waals surface area contributed by atoms with Crippen molar-refractivity contribution < 1.29 is 4.74 Å². The van der Waals surface area contributed by atoms with Crippen molar-refractivity contribution in [3.8, 4) is 5.75 Å². The zero-order valence-corrected chi connectivity index (χ0v) is 12.2. The molecule has 0 aliphatic carbocycles. The van der Waals surface area contributed by atoms with Crippen LogP contribution >= 0.6 is 12.2 Å². The molecule has 1 aliphatic heterocycles. The lowest BCUT2D eigenvalue weighted by atomic mass is 10.2. The van der Waals surface area contributed by atoms with E-state index in [2.05, 4.69) is 21.7 Å². The Balaban J connectivity index is 1.93. The molecule has 1 saturated heterocycles. The third-order valence-electron chi connectivity index (χ3n) is 3.55. The summed E-state index contributed by atoms with van der Waals surface area (Å²) in [7, 11) is 1.65. The number of aromatic nitrogens is 1. The number of hydrogen-bond donors (Lipinski definition) is 1. The van der Waals surface area contributed by atoms with E-state index in [-0.39, 0.29) is 6.04 Å². The van der Waals surface area contributed by atoms with Crippen LogP contribution in [0.4, 0.5) is 5.82 Å². The molecule has 0 amide bonds. The number of nitrogens with two attached hydrogens (primary N) is 1. The lowest BCUT2D eigenvalue weighted by molar-refractivity contribution is 0.238. The minimum Gasteiger partial charge on any atom is -0.495 e. The van der Waals surface area contributed by atoms with Gasteiger partial charge in [-0.15, -0.1) is 0 Å². The zero-order chi connectivity index (χ0) is 13.8. The fourth-order valence-electron chi connectivity index (χ4n) is 2.20. The second kappa shape index (κ2) is 6.16. The molecule has 2 N–H and O–H groups in total. The second-order valence-corrected chi connectivity index (χ2v) is 5.13. The number of rotatable bonds is 4. The first-order valence-electron chi connectivity index (χ1n) is 6.40. The summed E-state index contributed by atoms with van der Waals surface area (Å²) < 4.78 is 5.11. The maximum atomic E-state index is 5.69. The molecule has 1 unspecified atom stereocenters. The largest absolute Gasteiger partial charge is 0.495 e. The van der Waals surface area contributed by atoms with Gasteiger partial charge in [0, 0.05) is 26.2 Å². The summed E-state index contributed by atoms with van der Waals surface area (Å²) in [6.45, 7) is 5.83. The van der Waals surface area contributed by atoms with Crippen LogP contribution in [0.1, 0.15) is 6.92 Å². The Morgan fingerprint density at radius 1 is 1.37 bits per heavy atom. The quantitative estimate of drug-likeness (QED) is 0.827. The van der Waals surface area contributed by atoms with Crippen LogP contribution in [0.5, 0.6) is 5.75 Å². The highest BCUT2D eigenvalue weighted by Crippen LogP contribution is 2.17. The van der Waals surface area contributed by atoms with E-state index in [9.17, 15) is 0 Å². The number of hydrogen-bond acceptors (Lipinski definition) is 5. The van der Waals surface area contributed by atoms with Crippen LogP contribution in [0.25, 0.3) is 0 Å². The summed E-state index contributed by atoms with van der Waals surface area (Å²) in [6.07, 6.45) is 1.75. The third kappa shape index (κ3) is 3.33. The molecule has 1 aromatic heterocycles. The van der Waals surface area contributed by atoms with Crippen molar-refractivity contribution in [1.29, 1.82) is 0 Å². The van der Waals surface area contributed by atoms with Crippen molar-refractivity contribution in [3.63, 3.8) is 0 Å². The minimum atomic E-state index is 0.168. The van der Waals surface area contributed by atoms with Gasteiger partial charge in [-0.2, -0.15) is 0 Å². The first-order valence-corrected chi connectivity index (χ1v) is 6.81. The van der Waals surface area contributed by atoms with Gasteiger partial charge >= 0.3 is 0 Å². The summed E-state index contributed by atoms with van der Waals surface area (Å²) in [6, 6.07) is 4.10. The predicted molar refractivity (Wildman–Crippen MR) is 80.8 cm³/mol. The van der Waals surface area contributed by atoms with Gasteiger partial charge in [-0.25, -0.2) is 4.98 Å². The molecule has 0 bridgehead atoms. The maximum absolute atomic E-state index is 5.69. The molecule has 2 rings (SSSR count). The second-order valence-electron chi connectivity index (χ2n) is 4.66. The lowest BCUT2D eigenvalue weighted by Gasteiger charge is -2.38. The number of pyridine rings is 1. The Morgan fingerprint density at radius 3 is 2.53 bits per heavy atom. The third-order valence-corrected chi connectivity index (χ3v) is 3.90. The average Bonchev–Trinajstić information content (AvgIpc) is 2.46. The van der Waals surface area contributed by atoms with Gasteiger partial charge in [0.1, 0.15) is 11.6 Å². The fourth-order valence-corrected chi connectivity index (χ4v) is 2.35. The molecular formula is C13H20N4OS. The van der Waals surface area contributed by atoms with Crippen LogP contribution in [0.15, 0.2) is 18.3 Å². The summed E-state index contributed by atoms with van der Waals surface area (Å²) in [5.41, 5.74) is 5.69. The first kappa shape index (κ1) is 14.0. The van der Waals surface area contributed by atoms with E-state index in [0.717, 1.165) is 37.7 Å². The normalized spacial score (nSPS) is 18.1. The molecular weight excluding hydrogens is 260 g/mol. The molecule has 1 atom stereocenters. The zero-order valence-electron chi connectivity index (χ0n) is 11.4. The first-order chi connectivity index (χ1) is 9.11. The molecule has 1 aromatic rings. The molecule has 2 heterocycles. The van der Waals surface area contributed by atoms with Gasteiger partial charge in [0.25, 0.3) is 0 Å². The van der Waals surface area contributed by atoms with E-state index in [4.69, 9.17) is 22.7 Å². The van der Waals surface area contributed by atoms with E-state index < -0.39 is 0 Å². The van der Waals surface area contributed by atoms with E-state index in [1.54, 1.807) is 13.3 Å². The number of ether oxygens (including phenoxy) is 1. The number of thiocarbonyl (C=S) groups is 1. The molecule has 0 radical (unpaired) electrons. The summed E-state index contributed by atoms with van der Waals surface area (Å²) in [5, 5.41) is 0. The smallest absolute Gasteiger partial charge is 0.137 e. The molecule has 0 saturated carbocycles. The SMILES string of the molecule is COc1ccc(N2CCN(C(C)C(N)=S)CC2)nc1. The highest BCUT2D eigenvalue weighted by molar-refractivity contribution is 7.80. The lowest BCUT2D eigenvalue weighted by Crippen LogP contribution is -2.52. The Kier molecular flexibility index (Phi) is 4.55. The van der Waals surface area contributed by atoms with E-state index >= 15 is 0 Å². The summed E-state index contributed by atoms with van der Waals surface area (Å²) >= 11 is 5.05. The maximum Gasteiger partial charge on any atom is 0.137 e. The molecule has 5 nitrogen and oxygen atoms in total. The average molecular weight is 280 g/mol. The molecule has 104 valence electrons. The number of methoxy groups -OCH3 is 1. The molecule has 6 heteroatoms. The minimum absolute atomic E-state index is 0.168. The summed E-state index contributed by atoms with van der Waals surface area (Å²) in [5.74, 6) is 1.77. The Hall–Kier alpha value is -1.40. The Morgan fingerprint density at radius 2 is 2.05 bits per heavy atom. The highest BCUT2D eigenvalue weighted by Gasteiger charge is 2.22. The van der Waals surface area contributed by atoms with E-state index in [1.807, 2.05) is 12.1 Å². The van der Waals surface area contributed by atoms with Crippen molar-refractivity contribution in [2.45, 2.75) is 13.0 Å². The topological polar surface area (TPSA) is 54.6 Å². The van der Waals surface area contributed by atoms with E-state index in [1.165, 1.54) is 0 Å².